The van der Waals surface area contributed by atoms with Crippen molar-refractivity contribution < 1.29 is 13.8 Å². The van der Waals surface area contributed by atoms with E-state index in [0.29, 0.717) is 5.56 Å². The van der Waals surface area contributed by atoms with Crippen LogP contribution in [0.1, 0.15) is 16.1 Å². The molecule has 1 heterocycles. The van der Waals surface area contributed by atoms with Gasteiger partial charge in [0.2, 0.25) is 18.5 Å². The van der Waals surface area contributed by atoms with Crippen molar-refractivity contribution in [2.75, 3.05) is 0 Å². The molecule has 1 aromatic heterocycles. The second kappa shape index (κ2) is 4.87. The molecule has 0 amide bonds. The third kappa shape index (κ3) is 2.75. The molecule has 0 spiro atoms. The molecule has 0 bridgehead atoms. The number of aryl methyl sites for hydroxylation is 1. The molecule has 0 radical (unpaired) electrons. The first kappa shape index (κ1) is 11.5. The fourth-order valence-corrected chi connectivity index (χ4v) is 1.63. The molecule has 3 heteroatoms. The number of rotatable bonds is 3. The maximum absolute atomic E-state index is 13.1. The molecule has 0 saturated carbocycles. The van der Waals surface area contributed by atoms with Crippen LogP contribution in [-0.2, 0) is 6.54 Å². The van der Waals surface area contributed by atoms with E-state index in [-0.39, 0.29) is 18.1 Å². The van der Waals surface area contributed by atoms with Crippen molar-refractivity contribution in [3.8, 4) is 0 Å². The maximum Gasteiger partial charge on any atom is 0.227 e. The normalized spacial score (nSPS) is 10.2. The lowest BCUT2D eigenvalue weighted by molar-refractivity contribution is -0.690. The molecule has 86 valence electrons. The Bertz CT molecular complexity index is 537. The van der Waals surface area contributed by atoms with Gasteiger partial charge in [-0.1, -0.05) is 30.3 Å². The SMILES string of the molecule is Cc1ccc(F)c[n+]1CC(=O)c1ccccc1. The van der Waals surface area contributed by atoms with Gasteiger partial charge in [-0.05, 0) is 6.07 Å². The van der Waals surface area contributed by atoms with Crippen molar-refractivity contribution in [2.45, 2.75) is 13.5 Å². The smallest absolute Gasteiger partial charge is 0.227 e. The van der Waals surface area contributed by atoms with E-state index in [1.807, 2.05) is 25.1 Å². The number of benzene rings is 1. The standard InChI is InChI=1S/C14H13FNO/c1-11-7-8-13(15)9-16(11)10-14(17)12-5-3-2-4-6-12/h2-9H,10H2,1H3/q+1. The van der Waals surface area contributed by atoms with Crippen molar-refractivity contribution >= 4 is 5.78 Å². The lowest BCUT2D eigenvalue weighted by Crippen LogP contribution is -2.41. The van der Waals surface area contributed by atoms with Crippen LogP contribution in [0.2, 0.25) is 0 Å². The summed E-state index contributed by atoms with van der Waals surface area (Å²) in [6.07, 6.45) is 1.34. The Labute approximate surface area is 99.3 Å². The summed E-state index contributed by atoms with van der Waals surface area (Å²) in [6, 6.07) is 12.1. The van der Waals surface area contributed by atoms with E-state index >= 15 is 0 Å². The van der Waals surface area contributed by atoms with Crippen LogP contribution in [0.4, 0.5) is 4.39 Å². The van der Waals surface area contributed by atoms with Gasteiger partial charge in [-0.3, -0.25) is 4.79 Å². The summed E-state index contributed by atoms with van der Waals surface area (Å²) in [5, 5.41) is 0. The molecular formula is C14H13FNO+. The van der Waals surface area contributed by atoms with Crippen molar-refractivity contribution in [3.63, 3.8) is 0 Å². The summed E-state index contributed by atoms with van der Waals surface area (Å²) in [7, 11) is 0. The summed E-state index contributed by atoms with van der Waals surface area (Å²) in [5.74, 6) is -0.360. The van der Waals surface area contributed by atoms with Gasteiger partial charge in [0.1, 0.15) is 0 Å². The Balaban J connectivity index is 2.22. The van der Waals surface area contributed by atoms with E-state index in [1.54, 1.807) is 22.8 Å². The molecule has 2 nitrogen and oxygen atoms in total. The molecule has 2 aromatic rings. The Morgan fingerprint density at radius 2 is 1.88 bits per heavy atom. The summed E-state index contributed by atoms with van der Waals surface area (Å²) in [4.78, 5) is 11.9. The zero-order valence-corrected chi connectivity index (χ0v) is 9.56. The van der Waals surface area contributed by atoms with Gasteiger partial charge in [-0.2, -0.15) is 4.57 Å². The highest BCUT2D eigenvalue weighted by Gasteiger charge is 2.14. The molecule has 0 atom stereocenters. The zero-order valence-electron chi connectivity index (χ0n) is 9.56. The summed E-state index contributed by atoms with van der Waals surface area (Å²) < 4.78 is 14.7. The van der Waals surface area contributed by atoms with Gasteiger partial charge in [-0.15, -0.1) is 0 Å². The average molecular weight is 230 g/mol. The van der Waals surface area contributed by atoms with Gasteiger partial charge >= 0.3 is 0 Å². The first-order valence-electron chi connectivity index (χ1n) is 5.40. The van der Waals surface area contributed by atoms with Gasteiger partial charge in [0.25, 0.3) is 0 Å². The lowest BCUT2D eigenvalue weighted by atomic mass is 10.1. The highest BCUT2D eigenvalue weighted by molar-refractivity contribution is 5.94. The van der Waals surface area contributed by atoms with Crippen LogP contribution < -0.4 is 4.57 Å². The number of hydrogen-bond acceptors (Lipinski definition) is 1. The number of aromatic nitrogens is 1. The topological polar surface area (TPSA) is 20.9 Å². The Morgan fingerprint density at radius 1 is 1.18 bits per heavy atom. The predicted molar refractivity (Wildman–Crippen MR) is 62.1 cm³/mol. The van der Waals surface area contributed by atoms with E-state index in [1.165, 1.54) is 12.3 Å². The lowest BCUT2D eigenvalue weighted by Gasteiger charge is -2.00. The number of halogens is 1. The Hall–Kier alpha value is -2.03. The molecule has 0 aliphatic carbocycles. The van der Waals surface area contributed by atoms with Crippen LogP contribution in [0, 0.1) is 12.7 Å². The van der Waals surface area contributed by atoms with Gasteiger partial charge in [0.05, 0.1) is 0 Å². The number of carbonyl (C=O) groups is 1. The Morgan fingerprint density at radius 3 is 2.59 bits per heavy atom. The zero-order chi connectivity index (χ0) is 12.3. The minimum atomic E-state index is -0.337. The molecule has 0 saturated heterocycles. The first-order chi connectivity index (χ1) is 8.16. The third-order valence-corrected chi connectivity index (χ3v) is 2.63. The molecule has 0 aliphatic heterocycles. The van der Waals surface area contributed by atoms with E-state index in [4.69, 9.17) is 0 Å². The molecule has 0 unspecified atom stereocenters. The van der Waals surface area contributed by atoms with Crippen molar-refractivity contribution in [1.82, 2.24) is 0 Å². The van der Waals surface area contributed by atoms with Crippen molar-refractivity contribution in [1.29, 1.82) is 0 Å². The van der Waals surface area contributed by atoms with Crippen LogP contribution in [0.3, 0.4) is 0 Å². The fraction of sp³-hybridized carbons (Fsp3) is 0.143. The molecule has 0 aliphatic rings. The molecule has 0 N–H and O–H groups in total. The number of nitrogens with zero attached hydrogens (tertiary/aromatic N) is 1. The predicted octanol–water partition coefficient (Wildman–Crippen LogP) is 2.30. The summed E-state index contributed by atoms with van der Waals surface area (Å²) in [6.45, 7) is 2.01. The number of carbonyl (C=O) groups excluding carboxylic acids is 1. The number of hydrogen-bond donors (Lipinski definition) is 0. The van der Waals surface area contributed by atoms with Crippen LogP contribution >= 0.6 is 0 Å². The quantitative estimate of drug-likeness (QED) is 0.585. The monoisotopic (exact) mass is 230 g/mol. The van der Waals surface area contributed by atoms with Crippen LogP contribution in [0.5, 0.6) is 0 Å². The molecule has 17 heavy (non-hydrogen) atoms. The first-order valence-corrected chi connectivity index (χ1v) is 5.40. The number of pyridine rings is 1. The van der Waals surface area contributed by atoms with Crippen molar-refractivity contribution in [2.24, 2.45) is 0 Å². The summed E-state index contributed by atoms with van der Waals surface area (Å²) >= 11 is 0. The molecule has 0 fully saturated rings. The molecule has 2 rings (SSSR count). The second-order valence-electron chi connectivity index (χ2n) is 3.91. The van der Waals surface area contributed by atoms with Crippen LogP contribution in [0.15, 0.2) is 48.7 Å². The minimum absolute atomic E-state index is 0.0238. The van der Waals surface area contributed by atoms with E-state index in [9.17, 15) is 9.18 Å². The maximum atomic E-state index is 13.1. The average Bonchev–Trinajstić information content (AvgIpc) is 2.35. The number of ketones is 1. The van der Waals surface area contributed by atoms with Gasteiger partial charge in [-0.25, -0.2) is 4.39 Å². The number of Topliss-reactive ketones (excluding diaryl/α,β-unsaturated/α-hetero) is 1. The van der Waals surface area contributed by atoms with Crippen LogP contribution in [-0.4, -0.2) is 5.78 Å². The van der Waals surface area contributed by atoms with Crippen LogP contribution in [0.25, 0.3) is 0 Å². The highest BCUT2D eigenvalue weighted by atomic mass is 19.1. The Kier molecular flexibility index (Phi) is 3.28. The molecule has 1 aromatic carbocycles. The van der Waals surface area contributed by atoms with E-state index in [0.717, 1.165) is 5.69 Å². The molecular weight excluding hydrogens is 217 g/mol. The van der Waals surface area contributed by atoms with Crippen molar-refractivity contribution in [3.05, 3.63) is 65.7 Å². The second-order valence-corrected chi connectivity index (χ2v) is 3.91. The largest absolute Gasteiger partial charge is 0.287 e. The minimum Gasteiger partial charge on any atom is -0.287 e. The fourth-order valence-electron chi connectivity index (χ4n) is 1.63. The van der Waals surface area contributed by atoms with E-state index < -0.39 is 0 Å². The third-order valence-electron chi connectivity index (χ3n) is 2.63. The van der Waals surface area contributed by atoms with E-state index in [2.05, 4.69) is 0 Å². The van der Waals surface area contributed by atoms with Gasteiger partial charge in [0.15, 0.2) is 11.5 Å². The highest BCUT2D eigenvalue weighted by Crippen LogP contribution is 2.01. The van der Waals surface area contributed by atoms with Gasteiger partial charge in [0, 0.05) is 18.6 Å². The summed E-state index contributed by atoms with van der Waals surface area (Å²) in [5.41, 5.74) is 1.50. The van der Waals surface area contributed by atoms with Gasteiger partial charge < -0.3 is 0 Å².